The number of benzene rings is 1. The Balaban J connectivity index is 1.69. The topological polar surface area (TPSA) is 74.1 Å². The number of hydrogen-bond donors (Lipinski definition) is 1. The Morgan fingerprint density at radius 1 is 1.33 bits per heavy atom. The van der Waals surface area contributed by atoms with Crippen molar-refractivity contribution in [2.24, 2.45) is 16.0 Å². The van der Waals surface area contributed by atoms with E-state index >= 15 is 0 Å². The van der Waals surface area contributed by atoms with E-state index in [-0.39, 0.29) is 0 Å². The largest absolute Gasteiger partial charge is 0.294 e. The van der Waals surface area contributed by atoms with Gasteiger partial charge < -0.3 is 0 Å². The molecular formula is C18H22N4O2S3. The second kappa shape index (κ2) is 8.90. The highest BCUT2D eigenvalue weighted by atomic mass is 32.2. The van der Waals surface area contributed by atoms with Gasteiger partial charge in [-0.05, 0) is 43.5 Å². The van der Waals surface area contributed by atoms with Gasteiger partial charge in [0.2, 0.25) is 15.8 Å². The van der Waals surface area contributed by atoms with Gasteiger partial charge in [-0.15, -0.1) is 11.3 Å². The van der Waals surface area contributed by atoms with E-state index in [0.29, 0.717) is 28.2 Å². The van der Waals surface area contributed by atoms with Crippen molar-refractivity contribution in [2.75, 3.05) is 13.1 Å². The Kier molecular flexibility index (Phi) is 6.56. The minimum absolute atomic E-state index is 0.303. The number of nitrogens with one attached hydrogen (secondary N) is 1. The molecule has 0 saturated carbocycles. The summed E-state index contributed by atoms with van der Waals surface area (Å²) in [5, 5.41) is 7.94. The molecule has 27 heavy (non-hydrogen) atoms. The average Bonchev–Trinajstić information content (AvgIpc) is 3.35. The fraction of sp³-hybridized carbons (Fsp3) is 0.333. The maximum Gasteiger partial charge on any atom is 0.225 e. The van der Waals surface area contributed by atoms with Crippen molar-refractivity contribution in [3.05, 3.63) is 41.8 Å². The van der Waals surface area contributed by atoms with Crippen molar-refractivity contribution >= 4 is 45.3 Å². The van der Waals surface area contributed by atoms with Crippen LogP contribution < -0.4 is 4.72 Å². The molecule has 1 atom stereocenters. The molecule has 3 rings (SSSR count). The summed E-state index contributed by atoms with van der Waals surface area (Å²) in [6.45, 7) is 5.56. The fourth-order valence-corrected chi connectivity index (χ4v) is 5.88. The third-order valence-corrected chi connectivity index (χ3v) is 7.82. The molecular weight excluding hydrogens is 400 g/mol. The first kappa shape index (κ1) is 19.9. The van der Waals surface area contributed by atoms with Gasteiger partial charge in [0.1, 0.15) is 0 Å². The number of rotatable bonds is 6. The van der Waals surface area contributed by atoms with Crippen LogP contribution in [-0.2, 0) is 9.84 Å². The van der Waals surface area contributed by atoms with Crippen LogP contribution in [0.15, 0.2) is 65.9 Å². The summed E-state index contributed by atoms with van der Waals surface area (Å²) >= 11 is 2.74. The van der Waals surface area contributed by atoms with Gasteiger partial charge in [0.05, 0.1) is 20.5 Å². The number of hydrogen-bond acceptors (Lipinski definition) is 6. The van der Waals surface area contributed by atoms with Gasteiger partial charge >= 0.3 is 0 Å². The summed E-state index contributed by atoms with van der Waals surface area (Å²) in [5.74, 6) is 1.12. The monoisotopic (exact) mass is 422 g/mol. The second-order valence-electron chi connectivity index (χ2n) is 5.93. The summed E-state index contributed by atoms with van der Waals surface area (Å²) < 4.78 is 29.5. The molecule has 9 heteroatoms. The predicted octanol–water partition coefficient (Wildman–Crippen LogP) is 3.88. The van der Waals surface area contributed by atoms with E-state index in [4.69, 9.17) is 0 Å². The van der Waals surface area contributed by atoms with Gasteiger partial charge in [-0.2, -0.15) is 5.10 Å². The molecule has 1 N–H and O–H groups in total. The molecule has 1 aliphatic heterocycles. The first-order valence-corrected chi connectivity index (χ1v) is 11.9. The number of aliphatic imine (C=N–C) groups is 1. The predicted molar refractivity (Wildman–Crippen MR) is 112 cm³/mol. The van der Waals surface area contributed by atoms with Gasteiger partial charge in [-0.1, -0.05) is 25.1 Å². The Morgan fingerprint density at radius 3 is 2.78 bits per heavy atom. The normalized spacial score (nSPS) is 17.5. The van der Waals surface area contributed by atoms with Crippen LogP contribution in [0.25, 0.3) is 0 Å². The van der Waals surface area contributed by atoms with Crippen LogP contribution in [0.3, 0.4) is 0 Å². The molecule has 1 aliphatic rings. The van der Waals surface area contributed by atoms with Crippen LogP contribution in [0, 0.1) is 5.92 Å². The lowest BCUT2D eigenvalue weighted by Crippen LogP contribution is -2.34. The highest BCUT2D eigenvalue weighted by Gasteiger charge is 2.22. The molecule has 0 spiro atoms. The smallest absolute Gasteiger partial charge is 0.225 e. The molecule has 2 aromatic rings. The van der Waals surface area contributed by atoms with E-state index < -0.39 is 9.84 Å². The van der Waals surface area contributed by atoms with E-state index in [0.717, 1.165) is 17.2 Å². The number of guanidine groups is 1. The zero-order chi connectivity index (χ0) is 19.3. The minimum Gasteiger partial charge on any atom is -0.294 e. The van der Waals surface area contributed by atoms with E-state index in [2.05, 4.69) is 21.7 Å². The van der Waals surface area contributed by atoms with Crippen molar-refractivity contribution in [1.82, 2.24) is 9.73 Å². The number of nitrogens with zero attached hydrogens (tertiary/aromatic N) is 3. The highest BCUT2D eigenvalue weighted by Crippen LogP contribution is 2.30. The Hall–Kier alpha value is -1.84. The summed E-state index contributed by atoms with van der Waals surface area (Å²) in [7, 11) is -3.49. The Morgan fingerprint density at radius 2 is 2.11 bits per heavy atom. The molecule has 1 aromatic heterocycles. The van der Waals surface area contributed by atoms with Crippen LogP contribution in [0.1, 0.15) is 20.3 Å². The number of sulfone groups is 1. The van der Waals surface area contributed by atoms with E-state index in [1.54, 1.807) is 41.8 Å². The Labute approximate surface area is 168 Å². The zero-order valence-corrected chi connectivity index (χ0v) is 17.6. The van der Waals surface area contributed by atoms with Gasteiger partial charge in [-0.25, -0.2) is 13.4 Å². The molecule has 6 nitrogen and oxygen atoms in total. The van der Waals surface area contributed by atoms with Crippen LogP contribution in [0.2, 0.25) is 0 Å². The fourth-order valence-electron chi connectivity index (χ4n) is 2.51. The molecule has 0 amide bonds. The first-order chi connectivity index (χ1) is 13.0. The number of hydrazone groups is 1. The lowest BCUT2D eigenvalue weighted by atomic mass is 10.1. The zero-order valence-electron chi connectivity index (χ0n) is 15.2. The number of thiophene rings is 1. The van der Waals surface area contributed by atoms with Gasteiger partial charge in [0, 0.05) is 24.1 Å². The molecule has 1 aromatic carbocycles. The summed E-state index contributed by atoms with van der Waals surface area (Å²) in [6, 6.07) is 10.2. The van der Waals surface area contributed by atoms with Crippen molar-refractivity contribution in [3.63, 3.8) is 0 Å². The Bertz CT molecular complexity index is 923. The van der Waals surface area contributed by atoms with Gasteiger partial charge in [-0.3, -0.25) is 9.71 Å². The van der Waals surface area contributed by atoms with Gasteiger partial charge in [0.15, 0.2) is 0 Å². The van der Waals surface area contributed by atoms with Gasteiger partial charge in [0.25, 0.3) is 0 Å². The third kappa shape index (κ3) is 4.72. The van der Waals surface area contributed by atoms with Crippen molar-refractivity contribution in [2.45, 2.75) is 34.3 Å². The van der Waals surface area contributed by atoms with Crippen LogP contribution in [-0.4, -0.2) is 38.7 Å². The maximum absolute atomic E-state index is 12.7. The minimum atomic E-state index is -3.49. The first-order valence-electron chi connectivity index (χ1n) is 8.72. The molecule has 0 fully saturated rings. The molecule has 2 heterocycles. The molecule has 0 radical (unpaired) electrons. The van der Waals surface area contributed by atoms with E-state index in [1.165, 1.54) is 23.3 Å². The van der Waals surface area contributed by atoms with Crippen molar-refractivity contribution < 1.29 is 8.42 Å². The molecule has 144 valence electrons. The van der Waals surface area contributed by atoms with Crippen LogP contribution in [0.4, 0.5) is 0 Å². The van der Waals surface area contributed by atoms with Crippen molar-refractivity contribution in [1.29, 1.82) is 0 Å². The molecule has 0 aliphatic carbocycles. The van der Waals surface area contributed by atoms with E-state index in [9.17, 15) is 8.42 Å². The molecule has 0 saturated heterocycles. The lowest BCUT2D eigenvalue weighted by Gasteiger charge is -2.18. The summed E-state index contributed by atoms with van der Waals surface area (Å²) in [6.07, 6.45) is 2.99. The quantitative estimate of drug-likeness (QED) is 0.434. The maximum atomic E-state index is 12.7. The highest BCUT2D eigenvalue weighted by molar-refractivity contribution is 8.00. The SMILES string of the molecule is CCN=C(NSc1cc(S(=O)(=O)c2ccccc2)cs1)N1CC(CC)C=N1. The molecule has 0 bridgehead atoms. The standard InChI is InChI=1S/C18H22N4O2S3/c1-3-14-11-20-22(12-14)18(19-4-2)21-26-17-10-16(13-25-17)27(23,24)15-8-6-5-7-9-15/h5-11,13-14H,3-4,12H2,1-2H3,(H,19,21). The average molecular weight is 423 g/mol. The third-order valence-electron chi connectivity index (χ3n) is 4.06. The summed E-state index contributed by atoms with van der Waals surface area (Å²) in [5.41, 5.74) is 0. The van der Waals surface area contributed by atoms with Crippen LogP contribution in [0.5, 0.6) is 0 Å². The molecule has 1 unspecified atom stereocenters. The van der Waals surface area contributed by atoms with E-state index in [1.807, 2.05) is 18.1 Å². The van der Waals surface area contributed by atoms with Crippen LogP contribution >= 0.6 is 23.3 Å². The second-order valence-corrected chi connectivity index (χ2v) is 9.90. The van der Waals surface area contributed by atoms with Crippen molar-refractivity contribution in [3.8, 4) is 0 Å². The summed E-state index contributed by atoms with van der Waals surface area (Å²) in [4.78, 5) is 5.09. The lowest BCUT2D eigenvalue weighted by molar-refractivity contribution is 0.431.